The topological polar surface area (TPSA) is 62.2 Å². The highest BCUT2D eigenvalue weighted by atomic mass is 32.2. The van der Waals surface area contributed by atoms with Gasteiger partial charge in [-0.25, -0.2) is 9.37 Å². The molecule has 0 bridgehead atoms. The lowest BCUT2D eigenvalue weighted by molar-refractivity contribution is -0.136. The van der Waals surface area contributed by atoms with Crippen molar-refractivity contribution in [3.05, 3.63) is 71.7 Å². The Labute approximate surface area is 152 Å². The van der Waals surface area contributed by atoms with Gasteiger partial charge in [0.05, 0.1) is 16.8 Å². The highest BCUT2D eigenvalue weighted by Crippen LogP contribution is 2.30. The minimum absolute atomic E-state index is 0.0372. The van der Waals surface area contributed by atoms with Crippen molar-refractivity contribution in [3.8, 4) is 10.6 Å². The molecule has 0 saturated heterocycles. The van der Waals surface area contributed by atoms with E-state index in [4.69, 9.17) is 5.11 Å². The number of aromatic nitrogens is 1. The summed E-state index contributed by atoms with van der Waals surface area (Å²) in [6.07, 6.45) is 1.83. The smallest absolute Gasteiger partial charge is 0.307 e. The fourth-order valence-corrected chi connectivity index (χ4v) is 3.89. The number of aliphatic carboxylic acids is 1. The number of thiazole rings is 1. The highest BCUT2D eigenvalue weighted by Gasteiger charge is 2.06. The first-order valence-corrected chi connectivity index (χ1v) is 9.14. The van der Waals surface area contributed by atoms with E-state index in [0.717, 1.165) is 25.9 Å². The van der Waals surface area contributed by atoms with Crippen LogP contribution >= 0.6 is 23.3 Å². The van der Waals surface area contributed by atoms with Gasteiger partial charge < -0.3 is 5.11 Å². The van der Waals surface area contributed by atoms with E-state index in [1.54, 1.807) is 18.3 Å². The number of nitrogens with zero attached hydrogens (tertiary/aromatic N) is 1. The average Bonchev–Trinajstić information content (AvgIpc) is 3.05. The van der Waals surface area contributed by atoms with E-state index in [9.17, 15) is 9.18 Å². The maximum Gasteiger partial charge on any atom is 0.307 e. The quantitative estimate of drug-likeness (QED) is 0.601. The van der Waals surface area contributed by atoms with Gasteiger partial charge in [0, 0.05) is 12.1 Å². The second-order valence-electron chi connectivity index (χ2n) is 5.30. The molecule has 3 aromatic rings. The van der Waals surface area contributed by atoms with Crippen LogP contribution in [0, 0.1) is 5.82 Å². The van der Waals surface area contributed by atoms with Crippen LogP contribution in [0.4, 0.5) is 4.39 Å². The molecular weight excluding hydrogens is 359 g/mol. The second-order valence-corrected chi connectivity index (χ2v) is 7.52. The maximum absolute atomic E-state index is 13.0. The van der Waals surface area contributed by atoms with Crippen molar-refractivity contribution in [2.75, 3.05) is 0 Å². The minimum atomic E-state index is -0.830. The predicted octanol–water partition coefficient (Wildman–Crippen LogP) is 4.37. The summed E-state index contributed by atoms with van der Waals surface area (Å²) >= 11 is 3.02. The third-order valence-electron chi connectivity index (χ3n) is 3.40. The van der Waals surface area contributed by atoms with Crippen molar-refractivity contribution < 1.29 is 14.3 Å². The van der Waals surface area contributed by atoms with Gasteiger partial charge in [-0.15, -0.1) is 11.3 Å². The SMILES string of the molecule is O=C(O)Cc1ccc(CNSc2cnc(-c3ccc(F)cc3)s2)cc1. The number of hydrogen-bond acceptors (Lipinski definition) is 5. The van der Waals surface area contributed by atoms with Crippen LogP contribution in [0.3, 0.4) is 0 Å². The average molecular weight is 374 g/mol. The Kier molecular flexibility index (Phi) is 5.80. The Morgan fingerprint density at radius 3 is 2.48 bits per heavy atom. The van der Waals surface area contributed by atoms with Crippen molar-refractivity contribution >= 4 is 29.3 Å². The zero-order valence-electron chi connectivity index (χ0n) is 13.1. The molecule has 1 heterocycles. The first kappa shape index (κ1) is 17.6. The minimum Gasteiger partial charge on any atom is -0.481 e. The molecular formula is C18H15FN2O2S2. The Hall–Kier alpha value is -2.22. The third kappa shape index (κ3) is 5.12. The summed E-state index contributed by atoms with van der Waals surface area (Å²) in [5.74, 6) is -1.09. The lowest BCUT2D eigenvalue weighted by atomic mass is 10.1. The fraction of sp³-hybridized carbons (Fsp3) is 0.111. The standard InChI is InChI=1S/C18H15FN2O2S2/c19-15-7-5-14(6-8-15)18-20-11-17(24-18)25-21-10-13-3-1-12(2-4-13)9-16(22)23/h1-8,11,21H,9-10H2,(H,22,23). The van der Waals surface area contributed by atoms with E-state index >= 15 is 0 Å². The zero-order chi connectivity index (χ0) is 17.6. The van der Waals surface area contributed by atoms with E-state index in [-0.39, 0.29) is 12.2 Å². The number of nitrogens with one attached hydrogen (secondary N) is 1. The van der Waals surface area contributed by atoms with Crippen LogP contribution in [-0.4, -0.2) is 16.1 Å². The number of carboxylic acids is 1. The van der Waals surface area contributed by atoms with Crippen LogP contribution in [0.5, 0.6) is 0 Å². The van der Waals surface area contributed by atoms with Crippen LogP contribution in [0.1, 0.15) is 11.1 Å². The summed E-state index contributed by atoms with van der Waals surface area (Å²) in [6.45, 7) is 0.655. The summed E-state index contributed by atoms with van der Waals surface area (Å²) < 4.78 is 17.2. The van der Waals surface area contributed by atoms with Gasteiger partial charge in [-0.3, -0.25) is 9.52 Å². The van der Waals surface area contributed by atoms with E-state index in [2.05, 4.69) is 9.71 Å². The summed E-state index contributed by atoms with van der Waals surface area (Å²) in [4.78, 5) is 15.0. The Bertz CT molecular complexity index is 848. The molecule has 2 N–H and O–H groups in total. The van der Waals surface area contributed by atoms with Crippen LogP contribution < -0.4 is 4.72 Å². The third-order valence-corrected chi connectivity index (χ3v) is 5.34. The van der Waals surface area contributed by atoms with Crippen molar-refractivity contribution in [2.24, 2.45) is 0 Å². The molecule has 0 unspecified atom stereocenters. The number of carbonyl (C=O) groups is 1. The molecule has 3 rings (SSSR count). The normalized spacial score (nSPS) is 10.8. The molecule has 2 aromatic carbocycles. The molecule has 4 nitrogen and oxygen atoms in total. The van der Waals surface area contributed by atoms with Gasteiger partial charge in [-0.2, -0.15) is 0 Å². The molecule has 0 aliphatic carbocycles. The summed E-state index contributed by atoms with van der Waals surface area (Å²) in [6, 6.07) is 13.8. The molecule has 0 atom stereocenters. The molecule has 7 heteroatoms. The maximum atomic E-state index is 13.0. The van der Waals surface area contributed by atoms with Gasteiger partial charge >= 0.3 is 5.97 Å². The predicted molar refractivity (Wildman–Crippen MR) is 98.0 cm³/mol. The molecule has 0 aliphatic rings. The van der Waals surface area contributed by atoms with E-state index < -0.39 is 5.97 Å². The van der Waals surface area contributed by atoms with Crippen molar-refractivity contribution in [1.82, 2.24) is 9.71 Å². The highest BCUT2D eigenvalue weighted by molar-refractivity contribution is 7.99. The Morgan fingerprint density at radius 2 is 1.80 bits per heavy atom. The van der Waals surface area contributed by atoms with E-state index in [0.29, 0.717) is 6.54 Å². The number of benzene rings is 2. The molecule has 0 aliphatic heterocycles. The molecule has 0 fully saturated rings. The molecule has 0 radical (unpaired) electrons. The fourth-order valence-electron chi connectivity index (χ4n) is 2.17. The van der Waals surface area contributed by atoms with Gasteiger partial charge in [0.15, 0.2) is 0 Å². The number of carboxylic acid groups (broad SMARTS) is 1. The van der Waals surface area contributed by atoms with Gasteiger partial charge in [-0.05, 0) is 47.3 Å². The second kappa shape index (κ2) is 8.24. The monoisotopic (exact) mass is 374 g/mol. The van der Waals surface area contributed by atoms with Crippen LogP contribution in [0.25, 0.3) is 10.6 Å². The first-order chi connectivity index (χ1) is 12.1. The number of hydrogen-bond donors (Lipinski definition) is 2. The van der Waals surface area contributed by atoms with Gasteiger partial charge in [0.25, 0.3) is 0 Å². The van der Waals surface area contributed by atoms with Crippen LogP contribution in [0.2, 0.25) is 0 Å². The number of rotatable bonds is 7. The summed E-state index contributed by atoms with van der Waals surface area (Å²) in [5.41, 5.74) is 2.76. The van der Waals surface area contributed by atoms with Gasteiger partial charge in [0.2, 0.25) is 0 Å². The van der Waals surface area contributed by atoms with Crippen molar-refractivity contribution in [3.63, 3.8) is 0 Å². The lowest BCUT2D eigenvalue weighted by Crippen LogP contribution is -2.03. The Morgan fingerprint density at radius 1 is 1.12 bits per heavy atom. The number of halogens is 1. The molecule has 0 spiro atoms. The van der Waals surface area contributed by atoms with Gasteiger partial charge in [0.1, 0.15) is 10.8 Å². The molecule has 0 amide bonds. The van der Waals surface area contributed by atoms with Crippen molar-refractivity contribution in [2.45, 2.75) is 17.2 Å². The Balaban J connectivity index is 1.52. The van der Waals surface area contributed by atoms with E-state index in [1.807, 2.05) is 24.3 Å². The van der Waals surface area contributed by atoms with E-state index in [1.165, 1.54) is 35.4 Å². The van der Waals surface area contributed by atoms with Crippen molar-refractivity contribution in [1.29, 1.82) is 0 Å². The molecule has 128 valence electrons. The molecule has 1 aromatic heterocycles. The van der Waals surface area contributed by atoms with Crippen LogP contribution in [0.15, 0.2) is 58.9 Å². The molecule has 0 saturated carbocycles. The van der Waals surface area contributed by atoms with Crippen LogP contribution in [-0.2, 0) is 17.8 Å². The summed E-state index contributed by atoms with van der Waals surface area (Å²) in [7, 11) is 0. The summed E-state index contributed by atoms with van der Waals surface area (Å²) in [5, 5.41) is 9.61. The zero-order valence-corrected chi connectivity index (χ0v) is 14.7. The molecule has 25 heavy (non-hydrogen) atoms. The largest absolute Gasteiger partial charge is 0.481 e. The first-order valence-electron chi connectivity index (χ1n) is 7.51. The lowest BCUT2D eigenvalue weighted by Gasteiger charge is -2.03. The van der Waals surface area contributed by atoms with Gasteiger partial charge in [-0.1, -0.05) is 24.3 Å².